The summed E-state index contributed by atoms with van der Waals surface area (Å²) in [6.07, 6.45) is 3.55. The Labute approximate surface area is 177 Å². The van der Waals surface area contributed by atoms with Crippen molar-refractivity contribution in [3.63, 3.8) is 0 Å². The van der Waals surface area contributed by atoms with Crippen molar-refractivity contribution >= 4 is 22.6 Å². The Hall–Kier alpha value is -3.06. The minimum Gasteiger partial charge on any atom is -0.347 e. The fraction of sp³-hybridized carbons (Fsp3) is 0.391. The summed E-state index contributed by atoms with van der Waals surface area (Å²) in [7, 11) is 0. The number of para-hydroxylation sites is 1. The topological polar surface area (TPSA) is 75.5 Å². The second kappa shape index (κ2) is 8.36. The van der Waals surface area contributed by atoms with Crippen LogP contribution < -0.4 is 15.1 Å². The van der Waals surface area contributed by atoms with Gasteiger partial charge in [0.15, 0.2) is 12.4 Å². The van der Waals surface area contributed by atoms with Gasteiger partial charge in [0.05, 0.1) is 31.7 Å². The number of rotatable bonds is 4. The lowest BCUT2D eigenvalue weighted by atomic mass is 10.1. The maximum atomic E-state index is 12.3. The van der Waals surface area contributed by atoms with Crippen LogP contribution in [0.2, 0.25) is 0 Å². The van der Waals surface area contributed by atoms with Crippen LogP contribution in [-0.4, -0.2) is 59.1 Å². The summed E-state index contributed by atoms with van der Waals surface area (Å²) < 4.78 is 0. The van der Waals surface area contributed by atoms with Crippen molar-refractivity contribution in [1.82, 2.24) is 20.3 Å². The average Bonchev–Trinajstić information content (AvgIpc) is 2.73. The fourth-order valence-electron chi connectivity index (χ4n) is 3.83. The van der Waals surface area contributed by atoms with Gasteiger partial charge in [0.2, 0.25) is 0 Å². The van der Waals surface area contributed by atoms with Gasteiger partial charge in [-0.2, -0.15) is 0 Å². The highest BCUT2D eigenvalue weighted by Crippen LogP contribution is 2.27. The SMILES string of the molecule is CC(C)(C)NC(=O)C[NH+]1CCN(c2nc(-c3cccnc3)nc3ccccc23)CC1. The molecule has 3 heterocycles. The number of quaternary nitrogens is 1. The molecule has 1 aromatic carbocycles. The number of benzene rings is 1. The maximum Gasteiger partial charge on any atom is 0.275 e. The summed E-state index contributed by atoms with van der Waals surface area (Å²) in [6.45, 7) is 10.1. The molecule has 1 aliphatic heterocycles. The van der Waals surface area contributed by atoms with Gasteiger partial charge >= 0.3 is 0 Å². The number of piperazine rings is 1. The Balaban J connectivity index is 1.53. The molecule has 2 aromatic heterocycles. The van der Waals surface area contributed by atoms with Crippen LogP contribution in [0, 0.1) is 0 Å². The first-order valence-electron chi connectivity index (χ1n) is 10.5. The summed E-state index contributed by atoms with van der Waals surface area (Å²) >= 11 is 0. The Morgan fingerprint density at radius 1 is 1.10 bits per heavy atom. The van der Waals surface area contributed by atoms with E-state index in [1.165, 1.54) is 4.90 Å². The number of nitrogens with one attached hydrogen (secondary N) is 2. The van der Waals surface area contributed by atoms with E-state index in [-0.39, 0.29) is 11.4 Å². The number of pyridine rings is 1. The normalized spacial score (nSPS) is 15.4. The van der Waals surface area contributed by atoms with E-state index < -0.39 is 0 Å². The molecule has 0 spiro atoms. The molecule has 1 fully saturated rings. The predicted molar refractivity (Wildman–Crippen MR) is 118 cm³/mol. The Morgan fingerprint density at radius 2 is 1.87 bits per heavy atom. The van der Waals surface area contributed by atoms with E-state index in [4.69, 9.17) is 9.97 Å². The Kier molecular flexibility index (Phi) is 5.63. The molecule has 1 aliphatic rings. The second-order valence-corrected chi connectivity index (χ2v) is 8.84. The zero-order valence-electron chi connectivity index (χ0n) is 17.9. The second-order valence-electron chi connectivity index (χ2n) is 8.84. The fourth-order valence-corrected chi connectivity index (χ4v) is 3.83. The molecular weight excluding hydrogens is 376 g/mol. The number of carbonyl (C=O) groups is 1. The minimum absolute atomic E-state index is 0.109. The Bertz CT molecular complexity index is 1020. The van der Waals surface area contributed by atoms with Crippen LogP contribution >= 0.6 is 0 Å². The van der Waals surface area contributed by atoms with Crippen molar-refractivity contribution in [3.8, 4) is 11.4 Å². The van der Waals surface area contributed by atoms with Crippen LogP contribution in [0.5, 0.6) is 0 Å². The van der Waals surface area contributed by atoms with Gasteiger partial charge in [0.25, 0.3) is 5.91 Å². The van der Waals surface area contributed by atoms with Crippen molar-refractivity contribution < 1.29 is 9.69 Å². The summed E-state index contributed by atoms with van der Waals surface area (Å²) in [5.41, 5.74) is 1.65. The van der Waals surface area contributed by atoms with Crippen LogP contribution in [-0.2, 0) is 4.79 Å². The predicted octanol–water partition coefficient (Wildman–Crippen LogP) is 1.31. The monoisotopic (exact) mass is 405 g/mol. The molecule has 156 valence electrons. The average molecular weight is 406 g/mol. The lowest BCUT2D eigenvalue weighted by Gasteiger charge is -2.33. The molecule has 0 atom stereocenters. The highest BCUT2D eigenvalue weighted by Gasteiger charge is 2.26. The summed E-state index contributed by atoms with van der Waals surface area (Å²) in [5.74, 6) is 1.76. The number of anilines is 1. The smallest absolute Gasteiger partial charge is 0.275 e. The number of aromatic nitrogens is 3. The molecule has 0 aliphatic carbocycles. The third-order valence-corrected chi connectivity index (χ3v) is 5.20. The number of hydrogen-bond acceptors (Lipinski definition) is 5. The van der Waals surface area contributed by atoms with Gasteiger partial charge in [0, 0.05) is 28.9 Å². The molecular formula is C23H29N6O+. The zero-order chi connectivity index (χ0) is 21.1. The molecule has 1 saturated heterocycles. The summed E-state index contributed by atoms with van der Waals surface area (Å²) in [4.78, 5) is 29.8. The molecule has 0 unspecified atom stereocenters. The highest BCUT2D eigenvalue weighted by atomic mass is 16.2. The van der Waals surface area contributed by atoms with Crippen LogP contribution in [0.15, 0.2) is 48.8 Å². The van der Waals surface area contributed by atoms with Crippen LogP contribution in [0.4, 0.5) is 5.82 Å². The van der Waals surface area contributed by atoms with Gasteiger partial charge in [-0.25, -0.2) is 9.97 Å². The lowest BCUT2D eigenvalue weighted by Crippen LogP contribution is -3.16. The number of fused-ring (bicyclic) bond motifs is 1. The maximum absolute atomic E-state index is 12.3. The molecule has 4 rings (SSSR count). The number of amides is 1. The molecule has 7 nitrogen and oxygen atoms in total. The molecule has 2 N–H and O–H groups in total. The molecule has 30 heavy (non-hydrogen) atoms. The van der Waals surface area contributed by atoms with Gasteiger partial charge in [-0.3, -0.25) is 9.78 Å². The third-order valence-electron chi connectivity index (χ3n) is 5.20. The van der Waals surface area contributed by atoms with Crippen molar-refractivity contribution in [2.24, 2.45) is 0 Å². The van der Waals surface area contributed by atoms with E-state index in [1.807, 2.05) is 51.1 Å². The molecule has 3 aromatic rings. The van der Waals surface area contributed by atoms with Crippen molar-refractivity contribution in [2.45, 2.75) is 26.3 Å². The van der Waals surface area contributed by atoms with Gasteiger partial charge < -0.3 is 15.1 Å². The van der Waals surface area contributed by atoms with Gasteiger partial charge in [-0.15, -0.1) is 0 Å². The first-order valence-corrected chi connectivity index (χ1v) is 10.5. The van der Waals surface area contributed by atoms with Crippen molar-refractivity contribution in [1.29, 1.82) is 0 Å². The van der Waals surface area contributed by atoms with Crippen molar-refractivity contribution in [3.05, 3.63) is 48.8 Å². The lowest BCUT2D eigenvalue weighted by molar-refractivity contribution is -0.892. The number of carbonyl (C=O) groups excluding carboxylic acids is 1. The summed E-state index contributed by atoms with van der Waals surface area (Å²) in [6, 6.07) is 12.0. The van der Waals surface area contributed by atoms with Gasteiger partial charge in [0.1, 0.15) is 5.82 Å². The number of hydrogen-bond donors (Lipinski definition) is 2. The summed E-state index contributed by atoms with van der Waals surface area (Å²) in [5, 5.41) is 4.11. The van der Waals surface area contributed by atoms with Crippen LogP contribution in [0.25, 0.3) is 22.3 Å². The van der Waals surface area contributed by atoms with E-state index in [1.54, 1.807) is 12.4 Å². The largest absolute Gasteiger partial charge is 0.347 e. The molecule has 7 heteroatoms. The van der Waals surface area contributed by atoms with Crippen LogP contribution in [0.3, 0.4) is 0 Å². The van der Waals surface area contributed by atoms with Gasteiger partial charge in [-0.1, -0.05) is 12.1 Å². The van der Waals surface area contributed by atoms with Crippen LogP contribution in [0.1, 0.15) is 20.8 Å². The van der Waals surface area contributed by atoms with Crippen molar-refractivity contribution in [2.75, 3.05) is 37.6 Å². The van der Waals surface area contributed by atoms with E-state index in [9.17, 15) is 4.79 Å². The first kappa shape index (κ1) is 20.2. The van der Waals surface area contributed by atoms with E-state index in [0.717, 1.165) is 48.5 Å². The highest BCUT2D eigenvalue weighted by molar-refractivity contribution is 5.91. The van der Waals surface area contributed by atoms with E-state index >= 15 is 0 Å². The van der Waals surface area contributed by atoms with E-state index in [0.29, 0.717) is 12.4 Å². The van der Waals surface area contributed by atoms with Gasteiger partial charge in [-0.05, 0) is 45.0 Å². The molecule has 1 amide bonds. The minimum atomic E-state index is -0.194. The standard InChI is InChI=1S/C23H28N6O/c1-23(2,3)27-20(30)16-28-11-13-29(14-12-28)22-18-8-4-5-9-19(18)25-21(26-22)17-7-6-10-24-15-17/h4-10,15H,11-14,16H2,1-3H3,(H,27,30)/p+1. The first-order chi connectivity index (χ1) is 14.4. The molecule has 0 saturated carbocycles. The van der Waals surface area contributed by atoms with E-state index in [2.05, 4.69) is 21.3 Å². The third kappa shape index (κ3) is 4.74. The molecule has 0 bridgehead atoms. The number of nitrogens with zero attached hydrogens (tertiary/aromatic N) is 4. The quantitative estimate of drug-likeness (QED) is 0.685. The zero-order valence-corrected chi connectivity index (χ0v) is 17.9. The molecule has 0 radical (unpaired) electrons. The Morgan fingerprint density at radius 3 is 2.57 bits per heavy atom.